The average molecular weight is 271 g/mol. The Morgan fingerprint density at radius 2 is 2.17 bits per heavy atom. The molecule has 0 spiro atoms. The van der Waals surface area contributed by atoms with Crippen molar-refractivity contribution in [2.24, 2.45) is 0 Å². The highest BCUT2D eigenvalue weighted by molar-refractivity contribution is 6.32. The molecule has 0 bridgehead atoms. The average Bonchev–Trinajstić information content (AvgIpc) is 2.32. The molecule has 0 amide bonds. The van der Waals surface area contributed by atoms with Gasteiger partial charge in [0.1, 0.15) is 6.07 Å². The summed E-state index contributed by atoms with van der Waals surface area (Å²) in [6, 6.07) is 5.48. The summed E-state index contributed by atoms with van der Waals surface area (Å²) < 4.78 is 0. The number of hydrogen-bond acceptors (Lipinski definition) is 4. The van der Waals surface area contributed by atoms with Gasteiger partial charge in [0.2, 0.25) is 0 Å². The summed E-state index contributed by atoms with van der Waals surface area (Å²) >= 11 is 5.99. The van der Waals surface area contributed by atoms with Crippen LogP contribution in [-0.4, -0.2) is 29.3 Å². The van der Waals surface area contributed by atoms with Gasteiger partial charge in [0, 0.05) is 12.2 Å². The second-order valence-corrected chi connectivity index (χ2v) is 3.92. The van der Waals surface area contributed by atoms with Gasteiger partial charge in [-0.05, 0) is 31.5 Å². The zero-order valence-electron chi connectivity index (χ0n) is 10.1. The molecule has 0 radical (unpaired) electrons. The number of carboxylic acid groups (broad SMARTS) is 1. The number of benzene rings is 1. The molecule has 1 aromatic carbocycles. The van der Waals surface area contributed by atoms with Crippen LogP contribution in [0.1, 0.15) is 18.1 Å². The molecule has 1 aromatic rings. The highest BCUT2D eigenvalue weighted by Gasteiger charge is 2.07. The monoisotopic (exact) mass is 270 g/mol. The number of aliphatic hydroxyl groups is 1. The molecule has 98 valence electrons. The van der Waals surface area contributed by atoms with Crippen LogP contribution >= 0.6 is 11.6 Å². The molecule has 3 N–H and O–H groups in total. The number of aliphatic hydroxyl groups excluding tert-OH is 1. The zero-order valence-corrected chi connectivity index (χ0v) is 10.9. The van der Waals surface area contributed by atoms with Crippen LogP contribution in [0.2, 0.25) is 5.02 Å². The van der Waals surface area contributed by atoms with Crippen molar-refractivity contribution in [1.82, 2.24) is 0 Å². The molecule has 0 aliphatic rings. The SMILES string of the molecule is Cc1c(NCC(C)O)ccc(C#N)c1Cl.O=CO. The number of nitrogens with zero attached hydrogens (tertiary/aromatic N) is 1. The third-order valence-corrected chi connectivity index (χ3v) is 2.58. The molecule has 6 heteroatoms. The Morgan fingerprint density at radius 1 is 1.61 bits per heavy atom. The predicted molar refractivity (Wildman–Crippen MR) is 69.8 cm³/mol. The fourth-order valence-electron chi connectivity index (χ4n) is 1.22. The van der Waals surface area contributed by atoms with Crippen molar-refractivity contribution in [3.05, 3.63) is 28.3 Å². The van der Waals surface area contributed by atoms with Crippen molar-refractivity contribution >= 4 is 23.8 Å². The summed E-state index contributed by atoms with van der Waals surface area (Å²) in [4.78, 5) is 8.36. The molecule has 0 aliphatic carbocycles. The second-order valence-electron chi connectivity index (χ2n) is 3.55. The third-order valence-electron chi connectivity index (χ3n) is 2.09. The molecule has 0 aliphatic heterocycles. The van der Waals surface area contributed by atoms with Crippen LogP contribution in [0.4, 0.5) is 5.69 Å². The highest BCUT2D eigenvalue weighted by atomic mass is 35.5. The summed E-state index contributed by atoms with van der Waals surface area (Å²) in [7, 11) is 0. The number of carbonyl (C=O) groups is 1. The van der Waals surface area contributed by atoms with E-state index in [1.807, 2.05) is 13.0 Å². The van der Waals surface area contributed by atoms with Crippen molar-refractivity contribution in [1.29, 1.82) is 5.26 Å². The number of halogens is 1. The van der Waals surface area contributed by atoms with Crippen LogP contribution in [0.15, 0.2) is 12.1 Å². The molecule has 0 fully saturated rings. The van der Waals surface area contributed by atoms with E-state index in [-0.39, 0.29) is 6.47 Å². The van der Waals surface area contributed by atoms with Crippen LogP contribution in [0.25, 0.3) is 0 Å². The van der Waals surface area contributed by atoms with Crippen molar-refractivity contribution < 1.29 is 15.0 Å². The lowest BCUT2D eigenvalue weighted by atomic mass is 10.1. The molecule has 0 heterocycles. The van der Waals surface area contributed by atoms with Crippen LogP contribution in [-0.2, 0) is 4.79 Å². The van der Waals surface area contributed by atoms with Crippen LogP contribution in [0, 0.1) is 18.3 Å². The highest BCUT2D eigenvalue weighted by Crippen LogP contribution is 2.26. The van der Waals surface area contributed by atoms with Gasteiger partial charge >= 0.3 is 0 Å². The number of anilines is 1. The molecule has 1 atom stereocenters. The van der Waals surface area contributed by atoms with Gasteiger partial charge in [0.15, 0.2) is 0 Å². The smallest absolute Gasteiger partial charge is 0.290 e. The Bertz CT molecular complexity index is 442. The second kappa shape index (κ2) is 8.34. The summed E-state index contributed by atoms with van der Waals surface area (Å²) in [6.45, 7) is 3.75. The lowest BCUT2D eigenvalue weighted by Crippen LogP contribution is -2.15. The van der Waals surface area contributed by atoms with Gasteiger partial charge in [0.05, 0.1) is 16.7 Å². The van der Waals surface area contributed by atoms with Crippen molar-refractivity contribution in [3.63, 3.8) is 0 Å². The third kappa shape index (κ3) is 5.04. The van der Waals surface area contributed by atoms with Crippen molar-refractivity contribution in [2.45, 2.75) is 20.0 Å². The Hall–Kier alpha value is -1.77. The predicted octanol–water partition coefficient (Wildman–Crippen LogP) is 2.01. The maximum atomic E-state index is 9.13. The number of hydrogen-bond donors (Lipinski definition) is 3. The van der Waals surface area contributed by atoms with E-state index < -0.39 is 6.10 Å². The van der Waals surface area contributed by atoms with Gasteiger partial charge in [0.25, 0.3) is 6.47 Å². The van der Waals surface area contributed by atoms with E-state index in [1.54, 1.807) is 19.1 Å². The number of nitriles is 1. The maximum absolute atomic E-state index is 9.13. The minimum Gasteiger partial charge on any atom is -0.483 e. The van der Waals surface area contributed by atoms with E-state index in [0.717, 1.165) is 11.3 Å². The van der Waals surface area contributed by atoms with Crippen LogP contribution in [0.5, 0.6) is 0 Å². The topological polar surface area (TPSA) is 93.4 Å². The molecular weight excluding hydrogens is 256 g/mol. The van der Waals surface area contributed by atoms with Crippen LogP contribution < -0.4 is 5.32 Å². The van der Waals surface area contributed by atoms with E-state index >= 15 is 0 Å². The first-order valence-electron chi connectivity index (χ1n) is 5.16. The Labute approximate surface area is 111 Å². The molecule has 5 nitrogen and oxygen atoms in total. The molecule has 18 heavy (non-hydrogen) atoms. The van der Waals surface area contributed by atoms with E-state index in [2.05, 4.69) is 5.32 Å². The first kappa shape index (κ1) is 16.2. The van der Waals surface area contributed by atoms with Gasteiger partial charge in [-0.2, -0.15) is 5.26 Å². The Balaban J connectivity index is 0.000000873. The quantitative estimate of drug-likeness (QED) is 0.731. The minimum absolute atomic E-state index is 0.250. The Kier molecular flexibility index (Phi) is 7.52. The normalized spacial score (nSPS) is 10.6. The van der Waals surface area contributed by atoms with Crippen LogP contribution in [0.3, 0.4) is 0 Å². The summed E-state index contributed by atoms with van der Waals surface area (Å²) in [5.74, 6) is 0. The molecule has 0 saturated carbocycles. The lowest BCUT2D eigenvalue weighted by molar-refractivity contribution is -0.122. The molecule has 0 saturated heterocycles. The van der Waals surface area contributed by atoms with Crippen molar-refractivity contribution in [2.75, 3.05) is 11.9 Å². The van der Waals surface area contributed by atoms with E-state index in [0.29, 0.717) is 17.1 Å². The zero-order chi connectivity index (χ0) is 14.1. The standard InChI is InChI=1S/C11H13ClN2O.CH2O2/c1-7(15)6-14-10-4-3-9(5-13)11(12)8(10)2;2-1-3/h3-4,7,14-15H,6H2,1-2H3;1H,(H,2,3). The number of nitrogens with one attached hydrogen (secondary N) is 1. The van der Waals surface area contributed by atoms with Gasteiger partial charge < -0.3 is 15.5 Å². The molecule has 0 aromatic heterocycles. The summed E-state index contributed by atoms with van der Waals surface area (Å²) in [5, 5.41) is 28.3. The summed E-state index contributed by atoms with van der Waals surface area (Å²) in [6.07, 6.45) is -0.418. The minimum atomic E-state index is -0.418. The Morgan fingerprint density at radius 3 is 2.61 bits per heavy atom. The van der Waals surface area contributed by atoms with Gasteiger partial charge in [-0.1, -0.05) is 11.6 Å². The lowest BCUT2D eigenvalue weighted by Gasteiger charge is -2.12. The van der Waals surface area contributed by atoms with E-state index in [9.17, 15) is 0 Å². The maximum Gasteiger partial charge on any atom is 0.290 e. The van der Waals surface area contributed by atoms with Crippen molar-refractivity contribution in [3.8, 4) is 6.07 Å². The molecule has 1 unspecified atom stereocenters. The van der Waals surface area contributed by atoms with Gasteiger partial charge in [-0.25, -0.2) is 0 Å². The van der Waals surface area contributed by atoms with E-state index in [1.165, 1.54) is 0 Å². The van der Waals surface area contributed by atoms with Gasteiger partial charge in [-0.3, -0.25) is 4.79 Å². The van der Waals surface area contributed by atoms with E-state index in [4.69, 9.17) is 31.9 Å². The fourth-order valence-corrected chi connectivity index (χ4v) is 1.43. The van der Waals surface area contributed by atoms with Gasteiger partial charge in [-0.15, -0.1) is 0 Å². The fraction of sp³-hybridized carbons (Fsp3) is 0.333. The largest absolute Gasteiger partial charge is 0.483 e. The first-order valence-corrected chi connectivity index (χ1v) is 5.54. The molecule has 1 rings (SSSR count). The first-order chi connectivity index (χ1) is 8.47. The number of rotatable bonds is 3. The summed E-state index contributed by atoms with van der Waals surface area (Å²) in [5.41, 5.74) is 2.15. The molecular formula is C12H15ClN2O3.